The minimum absolute atomic E-state index is 0.146. The number of hydrogen-bond donors (Lipinski definition) is 1. The largest absolute Gasteiger partial charge is 0.396 e. The van der Waals surface area contributed by atoms with Gasteiger partial charge in [0.05, 0.1) is 12.3 Å². The van der Waals surface area contributed by atoms with E-state index in [1.807, 2.05) is 31.5 Å². The zero-order valence-electron chi connectivity index (χ0n) is 10.3. The third-order valence-electron chi connectivity index (χ3n) is 2.43. The van der Waals surface area contributed by atoms with E-state index in [4.69, 9.17) is 5.11 Å². The summed E-state index contributed by atoms with van der Waals surface area (Å²) >= 11 is 3.27. The van der Waals surface area contributed by atoms with Crippen molar-refractivity contribution in [1.82, 2.24) is 4.90 Å². The van der Waals surface area contributed by atoms with Gasteiger partial charge in [0.25, 0.3) is 0 Å². The van der Waals surface area contributed by atoms with Crippen LogP contribution in [0.2, 0.25) is 0 Å². The molecular formula is C12H19NO2S2. The Labute approximate surface area is 111 Å². The smallest absolute Gasteiger partial charge is 0.232 e. The fourth-order valence-corrected chi connectivity index (χ4v) is 2.99. The van der Waals surface area contributed by atoms with E-state index < -0.39 is 0 Å². The van der Waals surface area contributed by atoms with Crippen molar-refractivity contribution in [3.8, 4) is 0 Å². The molecule has 5 heteroatoms. The van der Waals surface area contributed by atoms with Crippen molar-refractivity contribution < 1.29 is 9.90 Å². The SMILES string of the molecule is CC(CCO)SCC(=O)N(C)Cc1cccs1. The molecule has 0 aliphatic heterocycles. The molecule has 1 aromatic rings. The molecule has 17 heavy (non-hydrogen) atoms. The molecule has 3 nitrogen and oxygen atoms in total. The Morgan fingerprint density at radius 1 is 1.65 bits per heavy atom. The van der Waals surface area contributed by atoms with Crippen molar-refractivity contribution in [2.75, 3.05) is 19.4 Å². The van der Waals surface area contributed by atoms with Gasteiger partial charge in [-0.1, -0.05) is 13.0 Å². The Kier molecular flexibility index (Phi) is 6.62. The second kappa shape index (κ2) is 7.74. The lowest BCUT2D eigenvalue weighted by molar-refractivity contribution is -0.127. The lowest BCUT2D eigenvalue weighted by atomic mass is 10.3. The van der Waals surface area contributed by atoms with Gasteiger partial charge in [0, 0.05) is 23.8 Å². The first-order valence-electron chi connectivity index (χ1n) is 5.62. The third kappa shape index (κ3) is 5.57. The molecule has 0 radical (unpaired) electrons. The molecule has 0 bridgehead atoms. The van der Waals surface area contributed by atoms with Crippen LogP contribution in [0.1, 0.15) is 18.2 Å². The normalized spacial score (nSPS) is 12.4. The number of amides is 1. The Bertz CT molecular complexity index is 327. The molecule has 1 N–H and O–H groups in total. The fraction of sp³-hybridized carbons (Fsp3) is 0.583. The fourth-order valence-electron chi connectivity index (χ4n) is 1.31. The number of aliphatic hydroxyl groups is 1. The van der Waals surface area contributed by atoms with E-state index in [0.717, 1.165) is 6.42 Å². The molecule has 0 spiro atoms. The van der Waals surface area contributed by atoms with Crippen molar-refractivity contribution in [3.05, 3.63) is 22.4 Å². The number of nitrogens with zero attached hydrogens (tertiary/aromatic N) is 1. The third-order valence-corrected chi connectivity index (χ3v) is 4.51. The van der Waals surface area contributed by atoms with Gasteiger partial charge in [0.1, 0.15) is 0 Å². The summed E-state index contributed by atoms with van der Waals surface area (Å²) in [4.78, 5) is 14.8. The van der Waals surface area contributed by atoms with Crippen LogP contribution in [-0.4, -0.2) is 40.6 Å². The van der Waals surface area contributed by atoms with Gasteiger partial charge in [-0.2, -0.15) is 0 Å². The van der Waals surface area contributed by atoms with E-state index in [0.29, 0.717) is 17.5 Å². The number of hydrogen-bond acceptors (Lipinski definition) is 4. The molecule has 96 valence electrons. The van der Waals surface area contributed by atoms with Crippen LogP contribution in [0.3, 0.4) is 0 Å². The molecule has 1 aromatic heterocycles. The Balaban J connectivity index is 2.27. The topological polar surface area (TPSA) is 40.5 Å². The predicted octanol–water partition coefficient (Wildman–Crippen LogP) is 2.21. The number of carbonyl (C=O) groups excluding carboxylic acids is 1. The molecule has 1 amide bonds. The van der Waals surface area contributed by atoms with Gasteiger partial charge < -0.3 is 10.0 Å². The molecule has 0 aromatic carbocycles. The second-order valence-corrected chi connectivity index (χ2v) is 6.42. The van der Waals surface area contributed by atoms with Crippen LogP contribution in [0, 0.1) is 0 Å². The Morgan fingerprint density at radius 2 is 2.41 bits per heavy atom. The van der Waals surface area contributed by atoms with Crippen LogP contribution >= 0.6 is 23.1 Å². The Morgan fingerprint density at radius 3 is 3.00 bits per heavy atom. The first-order valence-corrected chi connectivity index (χ1v) is 7.55. The number of thiophene rings is 1. The first-order chi connectivity index (χ1) is 8.13. The van der Waals surface area contributed by atoms with Gasteiger partial charge in [0.2, 0.25) is 5.91 Å². The molecule has 1 rings (SSSR count). The van der Waals surface area contributed by atoms with Crippen LogP contribution in [-0.2, 0) is 11.3 Å². The minimum Gasteiger partial charge on any atom is -0.396 e. The summed E-state index contributed by atoms with van der Waals surface area (Å²) < 4.78 is 0. The molecular weight excluding hydrogens is 254 g/mol. The summed E-state index contributed by atoms with van der Waals surface area (Å²) in [7, 11) is 1.83. The average molecular weight is 273 g/mol. The highest BCUT2D eigenvalue weighted by Crippen LogP contribution is 2.15. The molecule has 1 heterocycles. The van der Waals surface area contributed by atoms with Gasteiger partial charge in [-0.15, -0.1) is 23.1 Å². The van der Waals surface area contributed by atoms with Crippen molar-refractivity contribution >= 4 is 29.0 Å². The summed E-state index contributed by atoms with van der Waals surface area (Å²) in [6, 6.07) is 4.03. The molecule has 0 aliphatic rings. The van der Waals surface area contributed by atoms with Gasteiger partial charge in [-0.25, -0.2) is 0 Å². The minimum atomic E-state index is 0.146. The molecule has 1 unspecified atom stereocenters. The van der Waals surface area contributed by atoms with E-state index in [1.165, 1.54) is 4.88 Å². The summed E-state index contributed by atoms with van der Waals surface area (Å²) in [6.07, 6.45) is 0.743. The first kappa shape index (κ1) is 14.5. The van der Waals surface area contributed by atoms with Crippen LogP contribution in [0.15, 0.2) is 17.5 Å². The zero-order valence-corrected chi connectivity index (χ0v) is 11.9. The lowest BCUT2D eigenvalue weighted by Crippen LogP contribution is -2.28. The average Bonchev–Trinajstić information content (AvgIpc) is 2.79. The van der Waals surface area contributed by atoms with E-state index in [1.54, 1.807) is 28.0 Å². The van der Waals surface area contributed by atoms with Gasteiger partial charge in [-0.3, -0.25) is 4.79 Å². The van der Waals surface area contributed by atoms with Crippen LogP contribution in [0.5, 0.6) is 0 Å². The van der Waals surface area contributed by atoms with Crippen molar-refractivity contribution in [2.24, 2.45) is 0 Å². The Hall–Kier alpha value is -0.520. The summed E-state index contributed by atoms with van der Waals surface area (Å²) in [6.45, 7) is 2.91. The number of rotatable bonds is 7. The molecule has 0 aliphatic carbocycles. The maximum absolute atomic E-state index is 11.8. The number of thioether (sulfide) groups is 1. The molecule has 1 atom stereocenters. The highest BCUT2D eigenvalue weighted by Gasteiger charge is 2.11. The van der Waals surface area contributed by atoms with E-state index in [9.17, 15) is 4.79 Å². The van der Waals surface area contributed by atoms with Crippen molar-refractivity contribution in [3.63, 3.8) is 0 Å². The maximum Gasteiger partial charge on any atom is 0.232 e. The van der Waals surface area contributed by atoms with Gasteiger partial charge >= 0.3 is 0 Å². The van der Waals surface area contributed by atoms with Gasteiger partial charge in [-0.05, 0) is 17.9 Å². The summed E-state index contributed by atoms with van der Waals surface area (Å²) in [5.74, 6) is 0.636. The van der Waals surface area contributed by atoms with E-state index in [-0.39, 0.29) is 12.5 Å². The summed E-state index contributed by atoms with van der Waals surface area (Å²) in [5.41, 5.74) is 0. The molecule has 0 saturated heterocycles. The molecule has 0 fully saturated rings. The van der Waals surface area contributed by atoms with Gasteiger partial charge in [0.15, 0.2) is 0 Å². The van der Waals surface area contributed by atoms with E-state index >= 15 is 0 Å². The number of aliphatic hydroxyl groups excluding tert-OH is 1. The maximum atomic E-state index is 11.8. The zero-order chi connectivity index (χ0) is 12.7. The monoisotopic (exact) mass is 273 g/mol. The lowest BCUT2D eigenvalue weighted by Gasteiger charge is -2.17. The second-order valence-electron chi connectivity index (χ2n) is 3.96. The predicted molar refractivity (Wildman–Crippen MR) is 74.4 cm³/mol. The van der Waals surface area contributed by atoms with Crippen LogP contribution in [0.4, 0.5) is 0 Å². The van der Waals surface area contributed by atoms with E-state index in [2.05, 4.69) is 0 Å². The highest BCUT2D eigenvalue weighted by atomic mass is 32.2. The molecule has 0 saturated carbocycles. The van der Waals surface area contributed by atoms with Crippen LogP contribution in [0.25, 0.3) is 0 Å². The standard InChI is InChI=1S/C12H19NO2S2/c1-10(5-6-14)17-9-12(15)13(2)8-11-4-3-7-16-11/h3-4,7,10,14H,5-6,8-9H2,1-2H3. The quantitative estimate of drug-likeness (QED) is 0.828. The van der Waals surface area contributed by atoms with Crippen molar-refractivity contribution in [1.29, 1.82) is 0 Å². The summed E-state index contributed by atoms with van der Waals surface area (Å²) in [5, 5.41) is 11.1. The van der Waals surface area contributed by atoms with Crippen molar-refractivity contribution in [2.45, 2.75) is 25.1 Å². The number of carbonyl (C=O) groups is 1. The highest BCUT2D eigenvalue weighted by molar-refractivity contribution is 8.00. The van der Waals surface area contributed by atoms with Crippen LogP contribution < -0.4 is 0 Å².